The van der Waals surface area contributed by atoms with Crippen molar-refractivity contribution in [2.45, 2.75) is 71.7 Å². The summed E-state index contributed by atoms with van der Waals surface area (Å²) in [5.74, 6) is -0.178. The summed E-state index contributed by atoms with van der Waals surface area (Å²) in [6.07, 6.45) is 6.68. The maximum Gasteiger partial charge on any atom is 0.310 e. The summed E-state index contributed by atoms with van der Waals surface area (Å²) >= 11 is 0. The Bertz CT molecular complexity index is 209. The molecule has 3 nitrogen and oxygen atoms in total. The van der Waals surface area contributed by atoms with Gasteiger partial charge in [-0.05, 0) is 26.2 Å². The molecule has 0 radical (unpaired) electrons. The number of hydrogen-bond donors (Lipinski definition) is 0. The van der Waals surface area contributed by atoms with Crippen LogP contribution in [-0.2, 0) is 14.3 Å². The van der Waals surface area contributed by atoms with E-state index in [9.17, 15) is 4.79 Å². The van der Waals surface area contributed by atoms with Gasteiger partial charge in [0.15, 0.2) is 6.29 Å². The molecule has 0 aliphatic heterocycles. The third-order valence-corrected chi connectivity index (χ3v) is 3.23. The average molecular weight is 228 g/mol. The third-order valence-electron chi connectivity index (χ3n) is 3.23. The Morgan fingerprint density at radius 2 is 1.88 bits per heavy atom. The predicted molar refractivity (Wildman–Crippen MR) is 63.0 cm³/mol. The van der Waals surface area contributed by atoms with E-state index < -0.39 is 6.29 Å². The minimum atomic E-state index is -0.399. The first-order chi connectivity index (χ1) is 7.63. The van der Waals surface area contributed by atoms with E-state index in [1.165, 1.54) is 19.3 Å². The lowest BCUT2D eigenvalue weighted by Crippen LogP contribution is -2.28. The molecule has 2 atom stereocenters. The second kappa shape index (κ2) is 6.89. The fraction of sp³-hybridized carbons (Fsp3) is 0.923. The predicted octanol–water partition coefficient (Wildman–Crippen LogP) is 3.27. The van der Waals surface area contributed by atoms with Crippen LogP contribution in [0.25, 0.3) is 0 Å². The fourth-order valence-corrected chi connectivity index (χ4v) is 1.95. The highest BCUT2D eigenvalue weighted by Crippen LogP contribution is 2.22. The Morgan fingerprint density at radius 1 is 1.25 bits per heavy atom. The molecule has 16 heavy (non-hydrogen) atoms. The Kier molecular flexibility index (Phi) is 5.81. The van der Waals surface area contributed by atoms with E-state index in [1.54, 1.807) is 0 Å². The van der Waals surface area contributed by atoms with Crippen molar-refractivity contribution in [3.05, 3.63) is 0 Å². The maximum atomic E-state index is 11.5. The Balaban J connectivity index is 2.23. The normalized spacial score (nSPS) is 21.4. The summed E-state index contributed by atoms with van der Waals surface area (Å²) in [6.45, 7) is 5.68. The lowest BCUT2D eigenvalue weighted by molar-refractivity contribution is -0.191. The van der Waals surface area contributed by atoms with Crippen LogP contribution < -0.4 is 0 Å². The second-order valence-corrected chi connectivity index (χ2v) is 4.71. The third kappa shape index (κ3) is 4.52. The van der Waals surface area contributed by atoms with E-state index in [4.69, 9.17) is 9.47 Å². The van der Waals surface area contributed by atoms with Crippen molar-refractivity contribution < 1.29 is 14.3 Å². The molecule has 0 bridgehead atoms. The van der Waals surface area contributed by atoms with Gasteiger partial charge in [-0.15, -0.1) is 0 Å². The molecule has 0 spiro atoms. The number of carbonyl (C=O) groups is 1. The van der Waals surface area contributed by atoms with Crippen LogP contribution in [0.3, 0.4) is 0 Å². The first-order valence-electron chi connectivity index (χ1n) is 6.49. The van der Waals surface area contributed by atoms with Crippen LogP contribution in [0.5, 0.6) is 0 Å². The van der Waals surface area contributed by atoms with Gasteiger partial charge in [-0.2, -0.15) is 0 Å². The van der Waals surface area contributed by atoms with Crippen molar-refractivity contribution in [2.75, 3.05) is 0 Å². The molecule has 1 aliphatic carbocycles. The molecule has 1 fully saturated rings. The Hall–Kier alpha value is -0.570. The largest absolute Gasteiger partial charge is 0.436 e. The highest BCUT2D eigenvalue weighted by Gasteiger charge is 2.20. The SMILES string of the molecule is CCC(C)C(=O)OC(C)OC1CCCCC1. The Morgan fingerprint density at radius 3 is 2.44 bits per heavy atom. The first-order valence-corrected chi connectivity index (χ1v) is 6.49. The van der Waals surface area contributed by atoms with Crippen molar-refractivity contribution in [3.63, 3.8) is 0 Å². The molecule has 1 rings (SSSR count). The van der Waals surface area contributed by atoms with Crippen molar-refractivity contribution in [1.82, 2.24) is 0 Å². The van der Waals surface area contributed by atoms with Gasteiger partial charge in [0.25, 0.3) is 0 Å². The molecular weight excluding hydrogens is 204 g/mol. The zero-order valence-corrected chi connectivity index (χ0v) is 10.7. The second-order valence-electron chi connectivity index (χ2n) is 4.71. The molecular formula is C13H24O3. The molecule has 94 valence electrons. The summed E-state index contributed by atoms with van der Waals surface area (Å²) in [5.41, 5.74) is 0. The number of ether oxygens (including phenoxy) is 2. The van der Waals surface area contributed by atoms with Crippen molar-refractivity contribution in [1.29, 1.82) is 0 Å². The summed E-state index contributed by atoms with van der Waals surface area (Å²) in [7, 11) is 0. The van der Waals surface area contributed by atoms with E-state index in [0.717, 1.165) is 19.3 Å². The van der Waals surface area contributed by atoms with Crippen LogP contribution >= 0.6 is 0 Å². The monoisotopic (exact) mass is 228 g/mol. The first kappa shape index (κ1) is 13.5. The minimum absolute atomic E-state index is 0.0302. The van der Waals surface area contributed by atoms with Crippen molar-refractivity contribution in [2.24, 2.45) is 5.92 Å². The van der Waals surface area contributed by atoms with Gasteiger partial charge in [0.1, 0.15) is 0 Å². The van der Waals surface area contributed by atoms with E-state index in [-0.39, 0.29) is 18.0 Å². The van der Waals surface area contributed by atoms with Crippen LogP contribution in [0.15, 0.2) is 0 Å². The molecule has 0 aromatic heterocycles. The topological polar surface area (TPSA) is 35.5 Å². The van der Waals surface area contributed by atoms with Crippen LogP contribution in [0.1, 0.15) is 59.3 Å². The van der Waals surface area contributed by atoms with Gasteiger partial charge in [-0.25, -0.2) is 0 Å². The molecule has 1 saturated carbocycles. The summed E-state index contributed by atoms with van der Waals surface area (Å²) in [5, 5.41) is 0. The number of esters is 1. The molecule has 0 heterocycles. The average Bonchev–Trinajstić information content (AvgIpc) is 2.29. The van der Waals surface area contributed by atoms with Gasteiger partial charge in [0, 0.05) is 0 Å². The quantitative estimate of drug-likeness (QED) is 0.535. The highest BCUT2D eigenvalue weighted by molar-refractivity contribution is 5.71. The van der Waals surface area contributed by atoms with E-state index in [2.05, 4.69) is 0 Å². The van der Waals surface area contributed by atoms with Gasteiger partial charge >= 0.3 is 5.97 Å². The molecule has 1 aliphatic rings. The minimum Gasteiger partial charge on any atom is -0.436 e. The molecule has 3 heteroatoms. The summed E-state index contributed by atoms with van der Waals surface area (Å²) in [6, 6.07) is 0. The van der Waals surface area contributed by atoms with Gasteiger partial charge in [0.2, 0.25) is 0 Å². The molecule has 0 N–H and O–H groups in total. The van der Waals surface area contributed by atoms with Gasteiger partial charge in [-0.1, -0.05) is 33.1 Å². The standard InChI is InChI=1S/C13H24O3/c1-4-10(2)13(14)16-11(3)15-12-8-6-5-7-9-12/h10-12H,4-9H2,1-3H3. The van der Waals surface area contributed by atoms with Crippen molar-refractivity contribution in [3.8, 4) is 0 Å². The molecule has 0 amide bonds. The summed E-state index contributed by atoms with van der Waals surface area (Å²) in [4.78, 5) is 11.5. The number of rotatable bonds is 5. The van der Waals surface area contributed by atoms with Gasteiger partial charge in [-0.3, -0.25) is 4.79 Å². The lowest BCUT2D eigenvalue weighted by atomic mass is 9.98. The van der Waals surface area contributed by atoms with E-state index >= 15 is 0 Å². The van der Waals surface area contributed by atoms with E-state index in [1.807, 2.05) is 20.8 Å². The van der Waals surface area contributed by atoms with Gasteiger partial charge < -0.3 is 9.47 Å². The highest BCUT2D eigenvalue weighted by atomic mass is 16.7. The number of carbonyl (C=O) groups excluding carboxylic acids is 1. The maximum absolute atomic E-state index is 11.5. The van der Waals surface area contributed by atoms with Crippen LogP contribution in [0.2, 0.25) is 0 Å². The fourth-order valence-electron chi connectivity index (χ4n) is 1.95. The molecule has 0 aromatic carbocycles. The zero-order chi connectivity index (χ0) is 12.0. The van der Waals surface area contributed by atoms with Crippen LogP contribution in [0, 0.1) is 5.92 Å². The van der Waals surface area contributed by atoms with Crippen molar-refractivity contribution >= 4 is 5.97 Å². The van der Waals surface area contributed by atoms with Crippen LogP contribution in [0.4, 0.5) is 0 Å². The van der Waals surface area contributed by atoms with E-state index in [0.29, 0.717) is 0 Å². The lowest BCUT2D eigenvalue weighted by Gasteiger charge is -2.26. The zero-order valence-electron chi connectivity index (χ0n) is 10.7. The smallest absolute Gasteiger partial charge is 0.310 e. The molecule has 2 unspecified atom stereocenters. The molecule has 0 aromatic rings. The molecule has 0 saturated heterocycles. The van der Waals surface area contributed by atoms with Gasteiger partial charge in [0.05, 0.1) is 12.0 Å². The summed E-state index contributed by atoms with van der Waals surface area (Å²) < 4.78 is 11.0. The number of hydrogen-bond acceptors (Lipinski definition) is 3. The Labute approximate surface area is 98.5 Å². The van der Waals surface area contributed by atoms with Crippen LogP contribution in [-0.4, -0.2) is 18.4 Å².